The summed E-state index contributed by atoms with van der Waals surface area (Å²) < 4.78 is 0. The Balaban J connectivity index is 1.91. The van der Waals surface area contributed by atoms with E-state index in [0.717, 1.165) is 45.7 Å². The lowest BCUT2D eigenvalue weighted by atomic mass is 10.0. The van der Waals surface area contributed by atoms with E-state index >= 15 is 0 Å². The summed E-state index contributed by atoms with van der Waals surface area (Å²) in [5, 5.41) is 0. The molecule has 0 bridgehead atoms. The summed E-state index contributed by atoms with van der Waals surface area (Å²) in [6.45, 7) is 16.8. The number of carbonyl (C=O) groups is 1. The van der Waals surface area contributed by atoms with Crippen LogP contribution >= 0.6 is 0 Å². The average Bonchev–Trinajstić information content (AvgIpc) is 2.93. The van der Waals surface area contributed by atoms with E-state index in [0.29, 0.717) is 11.8 Å². The Morgan fingerprint density at radius 3 is 2.29 bits per heavy atom. The van der Waals surface area contributed by atoms with Gasteiger partial charge in [0.15, 0.2) is 0 Å². The quantitative estimate of drug-likeness (QED) is 0.860. The summed E-state index contributed by atoms with van der Waals surface area (Å²) in [6, 6.07) is 0. The lowest BCUT2D eigenvalue weighted by Gasteiger charge is -2.24. The number of hydrogen-bond acceptors (Lipinski definition) is 3. The predicted molar refractivity (Wildman–Crippen MR) is 86.9 cm³/mol. The van der Waals surface area contributed by atoms with Crippen molar-refractivity contribution in [1.29, 1.82) is 0 Å². The van der Waals surface area contributed by atoms with Gasteiger partial charge < -0.3 is 15.5 Å². The van der Waals surface area contributed by atoms with Crippen LogP contribution in [0.3, 0.4) is 0 Å². The highest BCUT2D eigenvalue weighted by molar-refractivity contribution is 5.84. The van der Waals surface area contributed by atoms with Crippen LogP contribution in [0.1, 0.15) is 41.0 Å². The van der Waals surface area contributed by atoms with E-state index < -0.39 is 0 Å². The summed E-state index contributed by atoms with van der Waals surface area (Å²) in [4.78, 5) is 17.4. The van der Waals surface area contributed by atoms with Crippen LogP contribution in [0.25, 0.3) is 0 Å². The van der Waals surface area contributed by atoms with E-state index in [1.165, 1.54) is 0 Å². The molecule has 1 aliphatic heterocycles. The van der Waals surface area contributed by atoms with Gasteiger partial charge in [-0.25, -0.2) is 0 Å². The van der Waals surface area contributed by atoms with Gasteiger partial charge in [0.1, 0.15) is 0 Å². The van der Waals surface area contributed by atoms with Crippen molar-refractivity contribution in [3.63, 3.8) is 0 Å². The number of carbonyl (C=O) groups excluding carboxylic acids is 1. The summed E-state index contributed by atoms with van der Waals surface area (Å²) >= 11 is 0. The van der Waals surface area contributed by atoms with Gasteiger partial charge in [-0.2, -0.15) is 0 Å². The maximum absolute atomic E-state index is 12.8. The fraction of sp³-hybridized carbons (Fsp3) is 0.941. The van der Waals surface area contributed by atoms with Crippen molar-refractivity contribution in [2.24, 2.45) is 28.4 Å². The van der Waals surface area contributed by atoms with Crippen LogP contribution in [-0.4, -0.2) is 55.0 Å². The average molecular weight is 295 g/mol. The molecule has 2 rings (SSSR count). The van der Waals surface area contributed by atoms with Crippen LogP contribution in [0.2, 0.25) is 0 Å². The van der Waals surface area contributed by atoms with Gasteiger partial charge in [-0.05, 0) is 36.3 Å². The molecule has 0 spiro atoms. The normalized spacial score (nSPS) is 27.2. The van der Waals surface area contributed by atoms with Crippen LogP contribution in [-0.2, 0) is 4.79 Å². The topological polar surface area (TPSA) is 49.6 Å². The lowest BCUT2D eigenvalue weighted by molar-refractivity contribution is -0.133. The molecule has 1 aliphatic carbocycles. The zero-order valence-corrected chi connectivity index (χ0v) is 14.5. The van der Waals surface area contributed by atoms with E-state index in [4.69, 9.17) is 5.73 Å². The molecule has 1 saturated carbocycles. The monoisotopic (exact) mass is 295 g/mol. The maximum atomic E-state index is 12.8. The summed E-state index contributed by atoms with van der Waals surface area (Å²) in [6.07, 6.45) is 1.08. The van der Waals surface area contributed by atoms with Gasteiger partial charge in [-0.1, -0.05) is 34.6 Å². The molecular formula is C17H33N3O. The van der Waals surface area contributed by atoms with E-state index in [1.54, 1.807) is 0 Å². The Morgan fingerprint density at radius 1 is 1.14 bits per heavy atom. The summed E-state index contributed by atoms with van der Waals surface area (Å²) in [5.74, 6) is 1.10. The molecule has 2 fully saturated rings. The van der Waals surface area contributed by atoms with Crippen molar-refractivity contribution in [2.75, 3.05) is 39.3 Å². The fourth-order valence-electron chi connectivity index (χ4n) is 3.89. The minimum atomic E-state index is 0.143. The van der Waals surface area contributed by atoms with Crippen LogP contribution < -0.4 is 5.73 Å². The minimum Gasteiger partial charge on any atom is -0.341 e. The molecule has 1 amide bonds. The Bertz CT molecular complexity index is 377. The SMILES string of the molecule is CC(CN)CN1CCCN(C(=O)C2C(C)(C)C2(C)C)CC1. The van der Waals surface area contributed by atoms with Crippen molar-refractivity contribution in [1.82, 2.24) is 9.80 Å². The van der Waals surface area contributed by atoms with Gasteiger partial charge in [-0.3, -0.25) is 4.79 Å². The molecule has 4 nitrogen and oxygen atoms in total. The van der Waals surface area contributed by atoms with Crippen molar-refractivity contribution >= 4 is 5.91 Å². The third-order valence-electron chi connectivity index (χ3n) is 6.14. The highest BCUT2D eigenvalue weighted by Crippen LogP contribution is 2.68. The first-order chi connectivity index (χ1) is 9.71. The molecule has 122 valence electrons. The Hall–Kier alpha value is -0.610. The third-order valence-corrected chi connectivity index (χ3v) is 6.14. The number of nitrogens with two attached hydrogens (primary N) is 1. The molecule has 2 N–H and O–H groups in total. The molecule has 0 radical (unpaired) electrons. The fourth-order valence-corrected chi connectivity index (χ4v) is 3.89. The Kier molecular flexibility index (Phi) is 4.69. The van der Waals surface area contributed by atoms with Crippen LogP contribution in [0.5, 0.6) is 0 Å². The molecule has 1 saturated heterocycles. The van der Waals surface area contributed by atoms with E-state index in [1.807, 2.05) is 0 Å². The highest BCUT2D eigenvalue weighted by Gasteiger charge is 2.68. The molecule has 0 aromatic heterocycles. The maximum Gasteiger partial charge on any atom is 0.226 e. The number of nitrogens with zero attached hydrogens (tertiary/aromatic N) is 2. The predicted octanol–water partition coefficient (Wildman–Crippen LogP) is 1.80. The largest absolute Gasteiger partial charge is 0.341 e. The van der Waals surface area contributed by atoms with Crippen molar-refractivity contribution < 1.29 is 4.79 Å². The van der Waals surface area contributed by atoms with Crippen molar-refractivity contribution in [3.8, 4) is 0 Å². The molecule has 21 heavy (non-hydrogen) atoms. The zero-order valence-electron chi connectivity index (χ0n) is 14.5. The van der Waals surface area contributed by atoms with Gasteiger partial charge >= 0.3 is 0 Å². The van der Waals surface area contributed by atoms with Gasteiger partial charge in [-0.15, -0.1) is 0 Å². The second kappa shape index (κ2) is 5.88. The smallest absolute Gasteiger partial charge is 0.226 e. The van der Waals surface area contributed by atoms with E-state index in [2.05, 4.69) is 44.4 Å². The second-order valence-electron chi connectivity index (χ2n) is 8.20. The third kappa shape index (κ3) is 3.11. The molecule has 1 atom stereocenters. The number of rotatable bonds is 4. The molecular weight excluding hydrogens is 262 g/mol. The van der Waals surface area contributed by atoms with Crippen LogP contribution in [0, 0.1) is 22.7 Å². The van der Waals surface area contributed by atoms with Gasteiger partial charge in [0.05, 0.1) is 0 Å². The first-order valence-electron chi connectivity index (χ1n) is 8.43. The highest BCUT2D eigenvalue weighted by atomic mass is 16.2. The minimum absolute atomic E-state index is 0.143. The zero-order chi connectivity index (χ0) is 15.8. The molecule has 4 heteroatoms. The summed E-state index contributed by atoms with van der Waals surface area (Å²) in [7, 11) is 0. The van der Waals surface area contributed by atoms with Gasteiger partial charge in [0, 0.05) is 32.1 Å². The lowest BCUT2D eigenvalue weighted by Crippen LogP contribution is -2.38. The van der Waals surface area contributed by atoms with Gasteiger partial charge in [0.2, 0.25) is 5.91 Å². The molecule has 0 aromatic rings. The van der Waals surface area contributed by atoms with E-state index in [-0.39, 0.29) is 16.7 Å². The molecule has 1 unspecified atom stereocenters. The Morgan fingerprint density at radius 2 is 1.76 bits per heavy atom. The molecule has 0 aromatic carbocycles. The van der Waals surface area contributed by atoms with E-state index in [9.17, 15) is 4.79 Å². The number of hydrogen-bond donors (Lipinski definition) is 1. The number of amides is 1. The van der Waals surface area contributed by atoms with Crippen molar-refractivity contribution in [3.05, 3.63) is 0 Å². The standard InChI is InChI=1S/C17H33N3O/c1-13(11-18)12-19-7-6-8-20(10-9-19)15(21)14-16(2,3)17(14,4)5/h13-14H,6-12,18H2,1-5H3. The van der Waals surface area contributed by atoms with Crippen LogP contribution in [0.15, 0.2) is 0 Å². The summed E-state index contributed by atoms with van der Waals surface area (Å²) in [5.41, 5.74) is 6.01. The first-order valence-corrected chi connectivity index (χ1v) is 8.43. The van der Waals surface area contributed by atoms with Crippen LogP contribution in [0.4, 0.5) is 0 Å². The van der Waals surface area contributed by atoms with Crippen molar-refractivity contribution in [2.45, 2.75) is 41.0 Å². The second-order valence-corrected chi connectivity index (χ2v) is 8.20. The Labute approximate surface area is 130 Å². The van der Waals surface area contributed by atoms with Gasteiger partial charge in [0.25, 0.3) is 0 Å². The molecule has 1 heterocycles. The molecule has 2 aliphatic rings. The first kappa shape index (κ1) is 16.8.